The van der Waals surface area contributed by atoms with Crippen molar-refractivity contribution in [2.75, 3.05) is 13.6 Å². The topological polar surface area (TPSA) is 83.3 Å². The van der Waals surface area contributed by atoms with E-state index in [1.54, 1.807) is 13.2 Å². The SMILES string of the molecule is CN=C(NCC(=O)NCc1ccccc1)NCc1ccccc1Cn1cccn1. The normalized spacial score (nSPS) is 11.1. The summed E-state index contributed by atoms with van der Waals surface area (Å²) in [4.78, 5) is 16.3. The standard InChI is InChI=1S/C22H26N6O/c1-23-22(26-16-21(29)24-14-18-8-3-2-4-9-18)25-15-19-10-5-6-11-20(19)17-28-13-7-12-27-28/h2-13H,14-17H2,1H3,(H,24,29)(H2,23,25,26). The molecule has 7 heteroatoms. The van der Waals surface area contributed by atoms with E-state index in [1.807, 2.05) is 59.4 Å². The molecule has 3 N–H and O–H groups in total. The Morgan fingerprint density at radius 2 is 1.69 bits per heavy atom. The number of carbonyl (C=O) groups excluding carboxylic acids is 1. The second-order valence-corrected chi connectivity index (χ2v) is 6.51. The highest BCUT2D eigenvalue weighted by atomic mass is 16.1. The maximum absolute atomic E-state index is 12.1. The van der Waals surface area contributed by atoms with Crippen molar-refractivity contribution in [2.24, 2.45) is 4.99 Å². The van der Waals surface area contributed by atoms with Gasteiger partial charge >= 0.3 is 0 Å². The van der Waals surface area contributed by atoms with Crippen LogP contribution in [0.25, 0.3) is 0 Å². The zero-order chi connectivity index (χ0) is 20.3. The van der Waals surface area contributed by atoms with Crippen LogP contribution in [-0.4, -0.2) is 35.2 Å². The molecule has 0 radical (unpaired) electrons. The molecule has 2 aromatic carbocycles. The van der Waals surface area contributed by atoms with Crippen molar-refractivity contribution in [1.29, 1.82) is 0 Å². The van der Waals surface area contributed by atoms with Gasteiger partial charge in [-0.15, -0.1) is 0 Å². The zero-order valence-electron chi connectivity index (χ0n) is 16.5. The summed E-state index contributed by atoms with van der Waals surface area (Å²) in [7, 11) is 1.69. The van der Waals surface area contributed by atoms with Crippen molar-refractivity contribution < 1.29 is 4.79 Å². The van der Waals surface area contributed by atoms with E-state index >= 15 is 0 Å². The minimum atomic E-state index is -0.0871. The molecule has 29 heavy (non-hydrogen) atoms. The maximum Gasteiger partial charge on any atom is 0.239 e. The first-order chi connectivity index (χ1) is 14.2. The van der Waals surface area contributed by atoms with Crippen LogP contribution >= 0.6 is 0 Å². The highest BCUT2D eigenvalue weighted by Crippen LogP contribution is 2.10. The van der Waals surface area contributed by atoms with Crippen LogP contribution in [0.2, 0.25) is 0 Å². The molecular formula is C22H26N6O. The predicted molar refractivity (Wildman–Crippen MR) is 114 cm³/mol. The Bertz CT molecular complexity index is 921. The number of hydrogen-bond donors (Lipinski definition) is 3. The van der Waals surface area contributed by atoms with Crippen LogP contribution < -0.4 is 16.0 Å². The average Bonchev–Trinajstić information content (AvgIpc) is 3.27. The fourth-order valence-electron chi connectivity index (χ4n) is 2.88. The number of amides is 1. The third-order valence-corrected chi connectivity index (χ3v) is 4.43. The van der Waals surface area contributed by atoms with Gasteiger partial charge in [0.05, 0.1) is 13.1 Å². The summed E-state index contributed by atoms with van der Waals surface area (Å²) >= 11 is 0. The third-order valence-electron chi connectivity index (χ3n) is 4.43. The molecule has 150 valence electrons. The Labute approximate surface area is 170 Å². The van der Waals surface area contributed by atoms with Crippen molar-refractivity contribution in [1.82, 2.24) is 25.7 Å². The lowest BCUT2D eigenvalue weighted by Gasteiger charge is -2.14. The summed E-state index contributed by atoms with van der Waals surface area (Å²) in [5.74, 6) is 0.490. The van der Waals surface area contributed by atoms with E-state index in [0.717, 1.165) is 11.1 Å². The van der Waals surface area contributed by atoms with Gasteiger partial charge in [-0.25, -0.2) is 0 Å². The molecule has 0 saturated carbocycles. The Morgan fingerprint density at radius 3 is 2.41 bits per heavy atom. The smallest absolute Gasteiger partial charge is 0.239 e. The molecule has 3 rings (SSSR count). The molecule has 1 heterocycles. The van der Waals surface area contributed by atoms with Gasteiger partial charge in [0, 0.05) is 32.5 Å². The summed E-state index contributed by atoms with van der Waals surface area (Å²) in [5.41, 5.74) is 3.40. The molecule has 3 aromatic rings. The van der Waals surface area contributed by atoms with E-state index in [2.05, 4.69) is 38.2 Å². The van der Waals surface area contributed by atoms with Crippen LogP contribution in [0.4, 0.5) is 0 Å². The van der Waals surface area contributed by atoms with Crippen molar-refractivity contribution in [3.8, 4) is 0 Å². The van der Waals surface area contributed by atoms with Gasteiger partial charge in [-0.05, 0) is 22.8 Å². The number of aromatic nitrogens is 2. The lowest BCUT2D eigenvalue weighted by atomic mass is 10.1. The van der Waals surface area contributed by atoms with Crippen molar-refractivity contribution in [3.05, 3.63) is 89.7 Å². The molecular weight excluding hydrogens is 364 g/mol. The summed E-state index contributed by atoms with van der Waals surface area (Å²) in [6.45, 7) is 1.97. The van der Waals surface area contributed by atoms with Crippen molar-refractivity contribution in [2.45, 2.75) is 19.6 Å². The van der Waals surface area contributed by atoms with Crippen LogP contribution in [0, 0.1) is 0 Å². The molecule has 0 fully saturated rings. The summed E-state index contributed by atoms with van der Waals surface area (Å²) < 4.78 is 1.89. The van der Waals surface area contributed by atoms with E-state index in [1.165, 1.54) is 5.56 Å². The molecule has 0 atom stereocenters. The van der Waals surface area contributed by atoms with Crippen LogP contribution in [0.1, 0.15) is 16.7 Å². The number of nitrogens with zero attached hydrogens (tertiary/aromatic N) is 3. The minimum absolute atomic E-state index is 0.0871. The second kappa shape index (κ2) is 10.7. The van der Waals surface area contributed by atoms with Crippen LogP contribution in [0.15, 0.2) is 78.0 Å². The first kappa shape index (κ1) is 20.1. The van der Waals surface area contributed by atoms with E-state index in [0.29, 0.717) is 25.6 Å². The zero-order valence-corrected chi connectivity index (χ0v) is 16.5. The summed E-state index contributed by atoms with van der Waals surface area (Å²) in [6, 6.07) is 19.9. The van der Waals surface area contributed by atoms with Gasteiger partial charge in [-0.3, -0.25) is 14.5 Å². The number of aliphatic imine (C=N–C) groups is 1. The number of nitrogens with one attached hydrogen (secondary N) is 3. The van der Waals surface area contributed by atoms with Gasteiger partial charge in [-0.2, -0.15) is 5.10 Å². The predicted octanol–water partition coefficient (Wildman–Crippen LogP) is 1.91. The number of rotatable bonds is 8. The minimum Gasteiger partial charge on any atom is -0.352 e. The largest absolute Gasteiger partial charge is 0.352 e. The van der Waals surface area contributed by atoms with Crippen LogP contribution in [-0.2, 0) is 24.4 Å². The Hall–Kier alpha value is -3.61. The summed E-state index contributed by atoms with van der Waals surface area (Å²) in [6.07, 6.45) is 3.72. The van der Waals surface area contributed by atoms with Gasteiger partial charge in [0.15, 0.2) is 5.96 Å². The lowest BCUT2D eigenvalue weighted by Crippen LogP contribution is -2.42. The molecule has 0 saturated heterocycles. The fourth-order valence-corrected chi connectivity index (χ4v) is 2.88. The molecule has 0 aliphatic rings. The number of guanidine groups is 1. The third kappa shape index (κ3) is 6.49. The lowest BCUT2D eigenvalue weighted by molar-refractivity contribution is -0.120. The number of carbonyl (C=O) groups is 1. The van der Waals surface area contributed by atoms with Crippen LogP contribution in [0.3, 0.4) is 0 Å². The van der Waals surface area contributed by atoms with E-state index in [4.69, 9.17) is 0 Å². The molecule has 1 aromatic heterocycles. The first-order valence-corrected chi connectivity index (χ1v) is 9.54. The van der Waals surface area contributed by atoms with Crippen molar-refractivity contribution in [3.63, 3.8) is 0 Å². The summed E-state index contributed by atoms with van der Waals surface area (Å²) in [5, 5.41) is 13.5. The second-order valence-electron chi connectivity index (χ2n) is 6.51. The quantitative estimate of drug-likeness (QED) is 0.405. The monoisotopic (exact) mass is 390 g/mol. The highest BCUT2D eigenvalue weighted by Gasteiger charge is 2.06. The maximum atomic E-state index is 12.1. The van der Waals surface area contributed by atoms with E-state index in [-0.39, 0.29) is 12.5 Å². The fraction of sp³-hybridized carbons (Fsp3) is 0.227. The number of hydrogen-bond acceptors (Lipinski definition) is 3. The first-order valence-electron chi connectivity index (χ1n) is 9.54. The van der Waals surface area contributed by atoms with Gasteiger partial charge in [0.25, 0.3) is 0 Å². The Kier molecular flexibility index (Phi) is 7.40. The van der Waals surface area contributed by atoms with E-state index < -0.39 is 0 Å². The molecule has 0 spiro atoms. The molecule has 0 aliphatic heterocycles. The molecule has 0 aliphatic carbocycles. The molecule has 1 amide bonds. The van der Waals surface area contributed by atoms with Crippen LogP contribution in [0.5, 0.6) is 0 Å². The van der Waals surface area contributed by atoms with E-state index in [9.17, 15) is 4.79 Å². The van der Waals surface area contributed by atoms with Crippen molar-refractivity contribution >= 4 is 11.9 Å². The van der Waals surface area contributed by atoms with Gasteiger partial charge < -0.3 is 16.0 Å². The molecule has 0 bridgehead atoms. The average molecular weight is 390 g/mol. The molecule has 0 unspecified atom stereocenters. The highest BCUT2D eigenvalue weighted by molar-refractivity contribution is 5.86. The molecule has 7 nitrogen and oxygen atoms in total. The Morgan fingerprint density at radius 1 is 0.931 bits per heavy atom. The van der Waals surface area contributed by atoms with Gasteiger partial charge in [-0.1, -0.05) is 54.6 Å². The van der Waals surface area contributed by atoms with Gasteiger partial charge in [0.1, 0.15) is 0 Å². The number of benzene rings is 2. The van der Waals surface area contributed by atoms with Gasteiger partial charge in [0.2, 0.25) is 5.91 Å². The Balaban J connectivity index is 1.46.